The van der Waals surface area contributed by atoms with E-state index < -0.39 is 11.9 Å². The van der Waals surface area contributed by atoms with Crippen molar-refractivity contribution in [2.45, 2.75) is 6.10 Å². The maximum atomic E-state index is 9.55. The highest BCUT2D eigenvalue weighted by Gasteiger charge is 2.26. The molecule has 7 nitrogen and oxygen atoms in total. The Bertz CT molecular complexity index is 805. The lowest BCUT2D eigenvalue weighted by Gasteiger charge is -2.37. The highest BCUT2D eigenvalue weighted by molar-refractivity contribution is 5.89. The summed E-state index contributed by atoms with van der Waals surface area (Å²) in [6.45, 7) is 1.79. The number of rotatable bonds is 5. The van der Waals surface area contributed by atoms with E-state index in [1.165, 1.54) is 5.69 Å². The van der Waals surface area contributed by atoms with Gasteiger partial charge < -0.3 is 24.7 Å². The normalized spacial score (nSPS) is 15.4. The zero-order valence-corrected chi connectivity index (χ0v) is 15.9. The molecular formula is C21H24N2O5. The molecule has 2 aromatic carbocycles. The first-order valence-corrected chi connectivity index (χ1v) is 8.73. The number of carboxylic acid groups (broad SMARTS) is 2. The predicted octanol–water partition coefficient (Wildman–Crippen LogP) is 2.86. The fourth-order valence-electron chi connectivity index (χ4n) is 2.80. The fourth-order valence-corrected chi connectivity index (χ4v) is 2.80. The highest BCUT2D eigenvalue weighted by Crippen LogP contribution is 2.37. The number of para-hydroxylation sites is 3. The zero-order valence-electron chi connectivity index (χ0n) is 15.9. The van der Waals surface area contributed by atoms with Crippen LogP contribution in [-0.2, 0) is 9.59 Å². The first-order valence-electron chi connectivity index (χ1n) is 8.73. The van der Waals surface area contributed by atoms with E-state index in [1.807, 2.05) is 18.2 Å². The van der Waals surface area contributed by atoms with Crippen molar-refractivity contribution in [1.82, 2.24) is 4.90 Å². The molecule has 0 aromatic heterocycles. The van der Waals surface area contributed by atoms with Gasteiger partial charge >= 0.3 is 11.9 Å². The standard InChI is InChI=1S/C17H20N2O.C4H4O4/c1-18(2)12-15-13-19(14-8-4-3-5-9-14)16-10-6-7-11-17(16)20-15;5-3(6)1-2-4(7)8/h3-11,15H,12-13H2,1-2H3;1-2H,(H,5,6)(H,7,8)/b;2-1+. The van der Waals surface area contributed by atoms with Gasteiger partial charge in [-0.05, 0) is 38.4 Å². The molecule has 1 aliphatic heterocycles. The number of nitrogens with zero attached hydrogens (tertiary/aromatic N) is 2. The number of ether oxygens (including phenoxy) is 1. The van der Waals surface area contributed by atoms with Crippen LogP contribution in [0.2, 0.25) is 0 Å². The van der Waals surface area contributed by atoms with E-state index in [9.17, 15) is 9.59 Å². The van der Waals surface area contributed by atoms with Gasteiger partial charge in [0.15, 0.2) is 0 Å². The number of benzene rings is 2. The topological polar surface area (TPSA) is 90.3 Å². The Balaban J connectivity index is 0.000000300. The smallest absolute Gasteiger partial charge is 0.328 e. The Kier molecular flexibility index (Phi) is 7.59. The molecule has 0 saturated heterocycles. The Hall–Kier alpha value is -3.32. The molecule has 2 N–H and O–H groups in total. The third-order valence-electron chi connectivity index (χ3n) is 3.84. The number of anilines is 2. The summed E-state index contributed by atoms with van der Waals surface area (Å²) in [5, 5.41) is 15.6. The van der Waals surface area contributed by atoms with E-state index in [0.29, 0.717) is 12.2 Å². The van der Waals surface area contributed by atoms with Crippen LogP contribution in [0.15, 0.2) is 66.7 Å². The summed E-state index contributed by atoms with van der Waals surface area (Å²) in [7, 11) is 4.16. The van der Waals surface area contributed by atoms with Crippen molar-refractivity contribution in [2.24, 2.45) is 0 Å². The molecule has 0 saturated carbocycles. The quantitative estimate of drug-likeness (QED) is 0.766. The molecule has 0 bridgehead atoms. The Morgan fingerprint density at radius 2 is 1.61 bits per heavy atom. The van der Waals surface area contributed by atoms with Crippen molar-refractivity contribution in [3.8, 4) is 5.75 Å². The van der Waals surface area contributed by atoms with E-state index in [-0.39, 0.29) is 6.10 Å². The average Bonchev–Trinajstić information content (AvgIpc) is 2.66. The molecule has 2 aromatic rings. The highest BCUT2D eigenvalue weighted by atomic mass is 16.5. The number of hydrogen-bond acceptors (Lipinski definition) is 5. The van der Waals surface area contributed by atoms with Gasteiger partial charge in [0.2, 0.25) is 0 Å². The van der Waals surface area contributed by atoms with E-state index in [0.717, 1.165) is 24.5 Å². The monoisotopic (exact) mass is 384 g/mol. The van der Waals surface area contributed by atoms with Crippen LogP contribution in [0.1, 0.15) is 0 Å². The molecule has 7 heteroatoms. The summed E-state index contributed by atoms with van der Waals surface area (Å²) in [6.07, 6.45) is 1.30. The lowest BCUT2D eigenvalue weighted by atomic mass is 10.1. The summed E-state index contributed by atoms with van der Waals surface area (Å²) in [5.41, 5.74) is 2.36. The average molecular weight is 384 g/mol. The summed E-state index contributed by atoms with van der Waals surface area (Å²) < 4.78 is 6.11. The Morgan fingerprint density at radius 1 is 1.04 bits per heavy atom. The molecule has 1 aliphatic rings. The first kappa shape index (κ1) is 21.0. The van der Waals surface area contributed by atoms with Crippen molar-refractivity contribution in [2.75, 3.05) is 32.1 Å². The van der Waals surface area contributed by atoms with Gasteiger partial charge in [0.25, 0.3) is 0 Å². The lowest BCUT2D eigenvalue weighted by molar-refractivity contribution is -0.134. The van der Waals surface area contributed by atoms with Crippen LogP contribution in [0.5, 0.6) is 5.75 Å². The van der Waals surface area contributed by atoms with Crippen LogP contribution < -0.4 is 9.64 Å². The summed E-state index contributed by atoms with van der Waals surface area (Å²) in [4.78, 5) is 23.6. The maximum absolute atomic E-state index is 9.55. The van der Waals surface area contributed by atoms with Gasteiger partial charge in [-0.3, -0.25) is 0 Å². The Morgan fingerprint density at radius 3 is 2.18 bits per heavy atom. The second-order valence-corrected chi connectivity index (χ2v) is 6.43. The largest absolute Gasteiger partial charge is 0.485 e. The summed E-state index contributed by atoms with van der Waals surface area (Å²) >= 11 is 0. The molecule has 28 heavy (non-hydrogen) atoms. The van der Waals surface area contributed by atoms with E-state index in [2.05, 4.69) is 60.3 Å². The number of carbonyl (C=O) groups is 2. The second-order valence-electron chi connectivity index (χ2n) is 6.43. The fraction of sp³-hybridized carbons (Fsp3) is 0.238. The van der Waals surface area contributed by atoms with Gasteiger partial charge in [0.05, 0.1) is 12.2 Å². The minimum atomic E-state index is -1.26. The Labute approximate surface area is 164 Å². The van der Waals surface area contributed by atoms with Gasteiger partial charge in [-0.1, -0.05) is 30.3 Å². The van der Waals surface area contributed by atoms with Crippen molar-refractivity contribution in [3.63, 3.8) is 0 Å². The summed E-state index contributed by atoms with van der Waals surface area (Å²) in [5.74, 6) is -1.55. The minimum absolute atomic E-state index is 0.181. The minimum Gasteiger partial charge on any atom is -0.485 e. The summed E-state index contributed by atoms with van der Waals surface area (Å²) in [6, 6.07) is 18.8. The van der Waals surface area contributed by atoms with Crippen molar-refractivity contribution < 1.29 is 24.5 Å². The predicted molar refractivity (Wildman–Crippen MR) is 107 cm³/mol. The molecular weight excluding hydrogens is 360 g/mol. The van der Waals surface area contributed by atoms with E-state index in [1.54, 1.807) is 0 Å². The van der Waals surface area contributed by atoms with Gasteiger partial charge in [-0.2, -0.15) is 0 Å². The van der Waals surface area contributed by atoms with Crippen LogP contribution in [0.3, 0.4) is 0 Å². The number of hydrogen-bond donors (Lipinski definition) is 2. The lowest BCUT2D eigenvalue weighted by Crippen LogP contribution is -2.43. The molecule has 0 spiro atoms. The van der Waals surface area contributed by atoms with E-state index >= 15 is 0 Å². The van der Waals surface area contributed by atoms with Crippen LogP contribution in [-0.4, -0.2) is 60.3 Å². The third kappa shape index (κ3) is 6.44. The maximum Gasteiger partial charge on any atom is 0.328 e. The first-order chi connectivity index (χ1) is 13.4. The number of carboxylic acids is 2. The number of aliphatic carboxylic acids is 2. The van der Waals surface area contributed by atoms with Gasteiger partial charge in [-0.25, -0.2) is 9.59 Å². The number of fused-ring (bicyclic) bond motifs is 1. The molecule has 0 amide bonds. The molecule has 148 valence electrons. The van der Waals surface area contributed by atoms with Crippen LogP contribution in [0.25, 0.3) is 0 Å². The van der Waals surface area contributed by atoms with Crippen LogP contribution in [0.4, 0.5) is 11.4 Å². The SMILES string of the molecule is CN(C)CC1CN(c2ccccc2)c2ccccc2O1.O=C(O)/C=C/C(=O)O. The van der Waals surface area contributed by atoms with E-state index in [4.69, 9.17) is 14.9 Å². The zero-order chi connectivity index (χ0) is 20.5. The molecule has 1 heterocycles. The molecule has 1 unspecified atom stereocenters. The molecule has 0 aliphatic carbocycles. The van der Waals surface area contributed by atoms with Crippen molar-refractivity contribution in [1.29, 1.82) is 0 Å². The molecule has 3 rings (SSSR count). The van der Waals surface area contributed by atoms with Crippen LogP contribution >= 0.6 is 0 Å². The van der Waals surface area contributed by atoms with Crippen LogP contribution in [0, 0.1) is 0 Å². The molecule has 0 fully saturated rings. The number of likely N-dealkylation sites (N-methyl/N-ethyl adjacent to an activating group) is 1. The van der Waals surface area contributed by atoms with Gasteiger partial charge in [0, 0.05) is 24.4 Å². The molecule has 0 radical (unpaired) electrons. The van der Waals surface area contributed by atoms with Gasteiger partial charge in [-0.15, -0.1) is 0 Å². The van der Waals surface area contributed by atoms with Gasteiger partial charge in [0.1, 0.15) is 11.9 Å². The van der Waals surface area contributed by atoms with Crippen molar-refractivity contribution >= 4 is 23.3 Å². The second kappa shape index (κ2) is 10.1. The third-order valence-corrected chi connectivity index (χ3v) is 3.84. The van der Waals surface area contributed by atoms with Crippen molar-refractivity contribution in [3.05, 3.63) is 66.7 Å². The molecule has 1 atom stereocenters.